The van der Waals surface area contributed by atoms with Gasteiger partial charge in [0.2, 0.25) is 5.95 Å². The molecule has 4 heterocycles. The van der Waals surface area contributed by atoms with Crippen LogP contribution in [0, 0.1) is 5.92 Å². The standard InChI is InChI=1S/C22H29N7O.C2HF3O2/c1-28-7-5-16-9-20(30-2)19(8-17(16)14-28)26-22-24-11-18-12-25-29(21(18)27-22)13-15-4-3-6-23-10-15;3-2(4,5)1(6)7/h8-9,11-12,15,23H,3-7,10,13-14H2,1-2H3,(H,24,26,27);(H,6,7)/t15-;/m1./s1. The van der Waals surface area contributed by atoms with E-state index < -0.39 is 12.1 Å². The number of hydrogen-bond donors (Lipinski definition) is 3. The summed E-state index contributed by atoms with van der Waals surface area (Å²) in [5.41, 5.74) is 4.44. The van der Waals surface area contributed by atoms with E-state index in [-0.39, 0.29) is 0 Å². The minimum Gasteiger partial charge on any atom is -0.495 e. The van der Waals surface area contributed by atoms with Crippen molar-refractivity contribution < 1.29 is 27.8 Å². The highest BCUT2D eigenvalue weighted by Crippen LogP contribution is 2.33. The predicted molar refractivity (Wildman–Crippen MR) is 131 cm³/mol. The number of carboxylic acids is 1. The van der Waals surface area contributed by atoms with Gasteiger partial charge in [-0.2, -0.15) is 23.3 Å². The number of aliphatic carboxylic acids is 1. The number of ether oxygens (including phenoxy) is 1. The molecule has 0 spiro atoms. The third-order valence-electron chi connectivity index (χ3n) is 6.42. The molecule has 1 aromatic carbocycles. The quantitative estimate of drug-likeness (QED) is 0.465. The van der Waals surface area contributed by atoms with Gasteiger partial charge in [-0.1, -0.05) is 0 Å². The second-order valence-corrected chi connectivity index (χ2v) is 9.25. The lowest BCUT2D eigenvalue weighted by atomic mass is 9.99. The minimum absolute atomic E-state index is 0.563. The molecule has 5 rings (SSSR count). The van der Waals surface area contributed by atoms with Gasteiger partial charge >= 0.3 is 12.1 Å². The van der Waals surface area contributed by atoms with E-state index in [2.05, 4.69) is 44.8 Å². The van der Waals surface area contributed by atoms with Gasteiger partial charge in [0, 0.05) is 25.8 Å². The second-order valence-electron chi connectivity index (χ2n) is 9.25. The van der Waals surface area contributed by atoms with Crippen LogP contribution >= 0.6 is 0 Å². The van der Waals surface area contributed by atoms with Crippen LogP contribution < -0.4 is 15.4 Å². The number of anilines is 2. The van der Waals surface area contributed by atoms with Gasteiger partial charge in [0.1, 0.15) is 5.75 Å². The molecular weight excluding hydrogens is 491 g/mol. The van der Waals surface area contributed by atoms with Crippen LogP contribution in [0.5, 0.6) is 5.75 Å². The van der Waals surface area contributed by atoms with E-state index in [1.807, 2.05) is 17.1 Å². The minimum atomic E-state index is -5.08. The predicted octanol–water partition coefficient (Wildman–Crippen LogP) is 3.20. The molecule has 1 saturated heterocycles. The average molecular weight is 522 g/mol. The Kier molecular flexibility index (Phi) is 8.13. The first-order chi connectivity index (χ1) is 17.6. The number of piperidine rings is 1. The molecule has 2 aliphatic rings. The Morgan fingerprint density at radius 3 is 2.76 bits per heavy atom. The summed E-state index contributed by atoms with van der Waals surface area (Å²) in [6, 6.07) is 4.31. The van der Waals surface area contributed by atoms with Crippen molar-refractivity contribution >= 4 is 28.6 Å². The van der Waals surface area contributed by atoms with E-state index >= 15 is 0 Å². The summed E-state index contributed by atoms with van der Waals surface area (Å²) in [5, 5.41) is 19.5. The lowest BCUT2D eigenvalue weighted by Crippen LogP contribution is -2.32. The molecule has 37 heavy (non-hydrogen) atoms. The number of fused-ring (bicyclic) bond motifs is 2. The molecule has 0 aliphatic carbocycles. The number of carbonyl (C=O) groups is 1. The highest BCUT2D eigenvalue weighted by atomic mass is 19.4. The molecule has 0 amide bonds. The van der Waals surface area contributed by atoms with Crippen LogP contribution in [0.1, 0.15) is 24.0 Å². The molecular formula is C24H30F3N7O3. The third kappa shape index (κ3) is 6.66. The van der Waals surface area contributed by atoms with Crippen molar-refractivity contribution in [2.45, 2.75) is 38.5 Å². The number of alkyl halides is 3. The summed E-state index contributed by atoms with van der Waals surface area (Å²) in [5.74, 6) is -0.782. The molecule has 3 N–H and O–H groups in total. The summed E-state index contributed by atoms with van der Waals surface area (Å²) < 4.78 is 39.4. The zero-order chi connectivity index (χ0) is 26.6. The number of likely N-dealkylation sites (N-methyl/N-ethyl adjacent to an activating group) is 1. The van der Waals surface area contributed by atoms with E-state index in [0.717, 1.165) is 61.6 Å². The van der Waals surface area contributed by atoms with Crippen molar-refractivity contribution in [1.82, 2.24) is 30.0 Å². The van der Waals surface area contributed by atoms with Crippen molar-refractivity contribution in [3.63, 3.8) is 0 Å². The lowest BCUT2D eigenvalue weighted by molar-refractivity contribution is -0.192. The zero-order valence-corrected chi connectivity index (χ0v) is 20.7. The molecule has 3 aromatic rings. The fourth-order valence-corrected chi connectivity index (χ4v) is 4.50. The summed E-state index contributed by atoms with van der Waals surface area (Å²) in [6.07, 6.45) is 2.10. The first-order valence-electron chi connectivity index (χ1n) is 12.0. The Labute approximate surface area is 211 Å². The Hall–Kier alpha value is -3.45. The molecule has 2 aliphatic heterocycles. The van der Waals surface area contributed by atoms with Crippen LogP contribution in [0.3, 0.4) is 0 Å². The maximum Gasteiger partial charge on any atom is 0.490 e. The molecule has 200 valence electrons. The Morgan fingerprint density at radius 1 is 1.30 bits per heavy atom. The number of nitrogens with one attached hydrogen (secondary N) is 2. The molecule has 0 saturated carbocycles. The van der Waals surface area contributed by atoms with Crippen LogP contribution in [0.2, 0.25) is 0 Å². The average Bonchev–Trinajstić information content (AvgIpc) is 3.26. The van der Waals surface area contributed by atoms with Crippen molar-refractivity contribution in [3.8, 4) is 5.75 Å². The topological polar surface area (TPSA) is 117 Å². The third-order valence-corrected chi connectivity index (χ3v) is 6.42. The van der Waals surface area contributed by atoms with E-state index in [1.165, 1.54) is 24.0 Å². The number of carboxylic acid groups (broad SMARTS) is 1. The monoisotopic (exact) mass is 521 g/mol. The SMILES string of the molecule is COc1cc2c(cc1Nc1ncc3cnn(C[C@@H]4CCCNC4)c3n1)CN(C)CC2.O=C(O)C(F)(F)F. The Morgan fingerprint density at radius 2 is 2.08 bits per heavy atom. The summed E-state index contributed by atoms with van der Waals surface area (Å²) >= 11 is 0. The van der Waals surface area contributed by atoms with Gasteiger partial charge in [0.05, 0.1) is 24.4 Å². The molecule has 0 unspecified atom stereocenters. The molecule has 0 radical (unpaired) electrons. The van der Waals surface area contributed by atoms with Crippen molar-refractivity contribution in [1.29, 1.82) is 0 Å². The number of hydrogen-bond acceptors (Lipinski definition) is 8. The molecule has 2 aromatic heterocycles. The molecule has 0 bridgehead atoms. The van der Waals surface area contributed by atoms with E-state index in [4.69, 9.17) is 19.6 Å². The smallest absolute Gasteiger partial charge is 0.490 e. The molecule has 1 atom stereocenters. The van der Waals surface area contributed by atoms with Gasteiger partial charge in [-0.25, -0.2) is 14.5 Å². The van der Waals surface area contributed by atoms with Gasteiger partial charge < -0.3 is 25.4 Å². The maximum atomic E-state index is 10.6. The van der Waals surface area contributed by atoms with E-state index in [9.17, 15) is 13.2 Å². The number of halogens is 3. The molecule has 10 nitrogen and oxygen atoms in total. The summed E-state index contributed by atoms with van der Waals surface area (Å²) in [6.45, 7) is 5.05. The number of rotatable bonds is 5. The fraction of sp³-hybridized carbons (Fsp3) is 0.500. The van der Waals surface area contributed by atoms with Gasteiger partial charge in [-0.3, -0.25) is 0 Å². The van der Waals surface area contributed by atoms with Crippen LogP contribution in [0.15, 0.2) is 24.5 Å². The van der Waals surface area contributed by atoms with Gasteiger partial charge in [-0.05, 0) is 68.6 Å². The Bertz CT molecular complexity index is 1240. The largest absolute Gasteiger partial charge is 0.495 e. The number of aromatic nitrogens is 4. The molecule has 1 fully saturated rings. The maximum absolute atomic E-state index is 10.6. The number of benzene rings is 1. The van der Waals surface area contributed by atoms with E-state index in [1.54, 1.807) is 7.11 Å². The summed E-state index contributed by atoms with van der Waals surface area (Å²) in [7, 11) is 3.86. The van der Waals surface area contributed by atoms with Gasteiger partial charge in [0.25, 0.3) is 0 Å². The molecule has 13 heteroatoms. The van der Waals surface area contributed by atoms with Crippen LogP contribution in [0.4, 0.5) is 24.8 Å². The van der Waals surface area contributed by atoms with Crippen molar-refractivity contribution in [3.05, 3.63) is 35.7 Å². The number of nitrogens with zero attached hydrogens (tertiary/aromatic N) is 5. The van der Waals surface area contributed by atoms with E-state index in [0.29, 0.717) is 11.9 Å². The highest BCUT2D eigenvalue weighted by molar-refractivity contribution is 5.76. The zero-order valence-electron chi connectivity index (χ0n) is 20.7. The van der Waals surface area contributed by atoms with Crippen molar-refractivity contribution in [2.24, 2.45) is 5.92 Å². The van der Waals surface area contributed by atoms with Crippen molar-refractivity contribution in [2.75, 3.05) is 39.1 Å². The normalized spacial score (nSPS) is 18.0. The van der Waals surface area contributed by atoms with Gasteiger partial charge in [-0.15, -0.1) is 0 Å². The fourth-order valence-electron chi connectivity index (χ4n) is 4.50. The first kappa shape index (κ1) is 26.6. The van der Waals surface area contributed by atoms with Gasteiger partial charge in [0.15, 0.2) is 5.65 Å². The number of methoxy groups -OCH3 is 1. The second kappa shape index (κ2) is 11.3. The Balaban J connectivity index is 0.000000405. The first-order valence-corrected chi connectivity index (χ1v) is 12.0. The van der Waals surface area contributed by atoms with Crippen LogP contribution in [-0.4, -0.2) is 75.7 Å². The lowest BCUT2D eigenvalue weighted by Gasteiger charge is -2.26. The van der Waals surface area contributed by atoms with Crippen LogP contribution in [-0.2, 0) is 24.3 Å². The van der Waals surface area contributed by atoms with Crippen LogP contribution in [0.25, 0.3) is 11.0 Å². The summed E-state index contributed by atoms with van der Waals surface area (Å²) in [4.78, 5) is 20.5. The highest BCUT2D eigenvalue weighted by Gasteiger charge is 2.38.